The van der Waals surface area contributed by atoms with Gasteiger partial charge in [-0.1, -0.05) is 30.3 Å². The summed E-state index contributed by atoms with van der Waals surface area (Å²) in [7, 11) is 0. The fourth-order valence-corrected chi connectivity index (χ4v) is 4.41. The summed E-state index contributed by atoms with van der Waals surface area (Å²) < 4.78 is 7.11. The minimum absolute atomic E-state index is 0.0188. The third-order valence-electron chi connectivity index (χ3n) is 6.15. The molecule has 3 aromatic heterocycles. The number of fused-ring (bicyclic) bond motifs is 3. The van der Waals surface area contributed by atoms with Crippen LogP contribution in [0.15, 0.2) is 59.8 Å². The molecule has 0 bridgehead atoms. The van der Waals surface area contributed by atoms with E-state index in [1.807, 2.05) is 54.7 Å². The van der Waals surface area contributed by atoms with Crippen molar-refractivity contribution in [3.63, 3.8) is 0 Å². The van der Waals surface area contributed by atoms with E-state index in [0.717, 1.165) is 35.9 Å². The average molecular weight is 454 g/mol. The molecule has 9 heteroatoms. The standard InChI is InChI=1S/C25H23N7O2/c26-23-21(25(33)28-14-16-6-5-11-34-16)22-24(31-20-10-4-3-9-19(20)30-22)32(23)29-13-15-12-27-18-8-2-1-7-17(15)18/h1-4,7-10,12-13,16,27H,5-6,11,14,26H2,(H,28,33). The number of hydrogen-bond donors (Lipinski definition) is 3. The molecule has 1 amide bonds. The van der Waals surface area contributed by atoms with Crippen LogP contribution in [0.5, 0.6) is 0 Å². The largest absolute Gasteiger partial charge is 0.383 e. The number of carbonyl (C=O) groups is 1. The molecule has 6 rings (SSSR count). The zero-order valence-electron chi connectivity index (χ0n) is 18.4. The number of nitrogens with zero attached hydrogens (tertiary/aromatic N) is 4. The number of carbonyl (C=O) groups excluding carboxylic acids is 1. The van der Waals surface area contributed by atoms with Crippen LogP contribution in [0.1, 0.15) is 28.8 Å². The summed E-state index contributed by atoms with van der Waals surface area (Å²) in [6.07, 6.45) is 5.54. The van der Waals surface area contributed by atoms with Crippen molar-refractivity contribution in [2.24, 2.45) is 5.10 Å². The predicted octanol–water partition coefficient (Wildman–Crippen LogP) is 3.44. The van der Waals surface area contributed by atoms with Gasteiger partial charge >= 0.3 is 0 Å². The van der Waals surface area contributed by atoms with Gasteiger partial charge in [-0.25, -0.2) is 9.97 Å². The molecule has 170 valence electrons. The van der Waals surface area contributed by atoms with E-state index in [1.54, 1.807) is 6.21 Å². The molecule has 0 radical (unpaired) electrons. The molecule has 4 heterocycles. The monoisotopic (exact) mass is 453 g/mol. The van der Waals surface area contributed by atoms with Gasteiger partial charge in [-0.2, -0.15) is 9.78 Å². The molecular weight excluding hydrogens is 430 g/mol. The number of nitrogens with one attached hydrogen (secondary N) is 2. The number of para-hydroxylation sites is 3. The first kappa shape index (κ1) is 20.4. The number of amides is 1. The van der Waals surface area contributed by atoms with Crippen LogP contribution in [0, 0.1) is 0 Å². The number of aromatic nitrogens is 4. The highest BCUT2D eigenvalue weighted by Crippen LogP contribution is 2.28. The number of benzene rings is 2. The topological polar surface area (TPSA) is 123 Å². The molecule has 1 aliphatic rings. The lowest BCUT2D eigenvalue weighted by atomic mass is 10.2. The highest BCUT2D eigenvalue weighted by Gasteiger charge is 2.25. The molecule has 2 aromatic carbocycles. The second kappa shape index (κ2) is 8.27. The number of anilines is 1. The normalized spacial score (nSPS) is 16.3. The minimum atomic E-state index is -0.316. The number of aromatic amines is 1. The van der Waals surface area contributed by atoms with Crippen LogP contribution < -0.4 is 11.1 Å². The Bertz CT molecular complexity index is 1560. The molecule has 1 saturated heterocycles. The first-order valence-electron chi connectivity index (χ1n) is 11.3. The minimum Gasteiger partial charge on any atom is -0.383 e. The van der Waals surface area contributed by atoms with Crippen LogP contribution >= 0.6 is 0 Å². The van der Waals surface area contributed by atoms with Crippen molar-refractivity contribution in [3.05, 3.63) is 65.9 Å². The zero-order chi connectivity index (χ0) is 23.1. The van der Waals surface area contributed by atoms with Crippen LogP contribution in [-0.2, 0) is 4.74 Å². The highest BCUT2D eigenvalue weighted by molar-refractivity contribution is 6.11. The Hall–Kier alpha value is -4.24. The summed E-state index contributed by atoms with van der Waals surface area (Å²) in [5, 5.41) is 8.60. The third-order valence-corrected chi connectivity index (χ3v) is 6.15. The Morgan fingerprint density at radius 1 is 1.21 bits per heavy atom. The number of rotatable bonds is 5. The quantitative estimate of drug-likeness (QED) is 0.352. The van der Waals surface area contributed by atoms with Crippen LogP contribution in [-0.4, -0.2) is 51.0 Å². The zero-order valence-corrected chi connectivity index (χ0v) is 18.4. The molecule has 0 spiro atoms. The van der Waals surface area contributed by atoms with Crippen LogP contribution in [0.3, 0.4) is 0 Å². The first-order valence-corrected chi connectivity index (χ1v) is 11.3. The molecule has 0 aliphatic carbocycles. The lowest BCUT2D eigenvalue weighted by molar-refractivity contribution is 0.0859. The average Bonchev–Trinajstić information content (AvgIpc) is 3.58. The van der Waals surface area contributed by atoms with Crippen molar-refractivity contribution < 1.29 is 9.53 Å². The fraction of sp³-hybridized carbons (Fsp3) is 0.200. The van der Waals surface area contributed by atoms with E-state index in [9.17, 15) is 4.79 Å². The van der Waals surface area contributed by atoms with Crippen LogP contribution in [0.25, 0.3) is 33.1 Å². The molecule has 4 N–H and O–H groups in total. The summed E-state index contributed by atoms with van der Waals surface area (Å²) in [4.78, 5) is 25.9. The molecule has 5 aromatic rings. The van der Waals surface area contributed by atoms with Crippen LogP contribution in [0.2, 0.25) is 0 Å². The van der Waals surface area contributed by atoms with Gasteiger partial charge in [0.15, 0.2) is 5.65 Å². The molecular formula is C25H23N7O2. The number of hydrogen-bond acceptors (Lipinski definition) is 6. The Morgan fingerprint density at radius 3 is 2.82 bits per heavy atom. The summed E-state index contributed by atoms with van der Waals surface area (Å²) in [6, 6.07) is 15.5. The van der Waals surface area contributed by atoms with Crippen molar-refractivity contribution in [1.29, 1.82) is 0 Å². The summed E-state index contributed by atoms with van der Waals surface area (Å²) in [5.74, 6) is -0.130. The van der Waals surface area contributed by atoms with Crippen molar-refractivity contribution in [2.75, 3.05) is 18.9 Å². The van der Waals surface area contributed by atoms with Gasteiger partial charge in [0.05, 0.1) is 23.4 Å². The molecule has 1 aliphatic heterocycles. The van der Waals surface area contributed by atoms with Gasteiger partial charge in [0.1, 0.15) is 16.9 Å². The second-order valence-corrected chi connectivity index (χ2v) is 8.34. The second-order valence-electron chi connectivity index (χ2n) is 8.34. The van der Waals surface area contributed by atoms with Gasteiger partial charge in [-0.05, 0) is 31.0 Å². The third kappa shape index (κ3) is 3.46. The van der Waals surface area contributed by atoms with E-state index < -0.39 is 0 Å². The van der Waals surface area contributed by atoms with Gasteiger partial charge in [0.2, 0.25) is 0 Å². The van der Waals surface area contributed by atoms with Gasteiger partial charge < -0.3 is 20.8 Å². The van der Waals surface area contributed by atoms with E-state index in [4.69, 9.17) is 20.4 Å². The van der Waals surface area contributed by atoms with E-state index in [2.05, 4.69) is 15.4 Å². The molecule has 34 heavy (non-hydrogen) atoms. The molecule has 0 saturated carbocycles. The Balaban J connectivity index is 1.45. The molecule has 1 unspecified atom stereocenters. The maximum atomic E-state index is 13.2. The SMILES string of the molecule is Nc1c(C(=O)NCC2CCCO2)c2nc3ccccc3nc2n1N=Cc1c[nH]c2ccccc12. The molecule has 1 atom stereocenters. The summed E-state index contributed by atoms with van der Waals surface area (Å²) in [6.45, 7) is 1.15. The maximum Gasteiger partial charge on any atom is 0.257 e. The van der Waals surface area contributed by atoms with Gasteiger partial charge in [-0.15, -0.1) is 0 Å². The van der Waals surface area contributed by atoms with Gasteiger partial charge in [-0.3, -0.25) is 4.79 Å². The van der Waals surface area contributed by atoms with Crippen molar-refractivity contribution in [1.82, 2.24) is 24.9 Å². The van der Waals surface area contributed by atoms with Gasteiger partial charge in [0, 0.05) is 35.8 Å². The van der Waals surface area contributed by atoms with Gasteiger partial charge in [0.25, 0.3) is 5.91 Å². The number of H-pyrrole nitrogens is 1. The van der Waals surface area contributed by atoms with E-state index in [-0.39, 0.29) is 23.4 Å². The Kier molecular flexibility index (Phi) is 4.96. The van der Waals surface area contributed by atoms with Crippen molar-refractivity contribution in [2.45, 2.75) is 18.9 Å². The van der Waals surface area contributed by atoms with E-state index >= 15 is 0 Å². The fourth-order valence-electron chi connectivity index (χ4n) is 4.41. The maximum absolute atomic E-state index is 13.2. The Labute approximate surface area is 194 Å². The van der Waals surface area contributed by atoms with E-state index in [0.29, 0.717) is 28.7 Å². The van der Waals surface area contributed by atoms with Crippen molar-refractivity contribution in [3.8, 4) is 0 Å². The highest BCUT2D eigenvalue weighted by atomic mass is 16.5. The van der Waals surface area contributed by atoms with E-state index in [1.165, 1.54) is 4.68 Å². The number of ether oxygens (including phenoxy) is 1. The number of nitrogens with two attached hydrogens (primary N) is 1. The Morgan fingerprint density at radius 2 is 2.00 bits per heavy atom. The first-order chi connectivity index (χ1) is 16.7. The molecule has 9 nitrogen and oxygen atoms in total. The number of nitrogen functional groups attached to an aromatic ring is 1. The lowest BCUT2D eigenvalue weighted by Crippen LogP contribution is -2.32. The van der Waals surface area contributed by atoms with Crippen LogP contribution in [0.4, 0.5) is 5.82 Å². The summed E-state index contributed by atoms with van der Waals surface area (Å²) >= 11 is 0. The molecule has 1 fully saturated rings. The summed E-state index contributed by atoms with van der Waals surface area (Å²) in [5.41, 5.74) is 10.9. The van der Waals surface area contributed by atoms with Crippen molar-refractivity contribution >= 4 is 51.0 Å². The predicted molar refractivity (Wildman–Crippen MR) is 132 cm³/mol. The smallest absolute Gasteiger partial charge is 0.257 e. The lowest BCUT2D eigenvalue weighted by Gasteiger charge is -2.10.